The summed E-state index contributed by atoms with van der Waals surface area (Å²) in [7, 11) is 4.69. The van der Waals surface area contributed by atoms with Gasteiger partial charge in [-0.15, -0.1) is 12.6 Å². The van der Waals surface area contributed by atoms with Crippen molar-refractivity contribution in [3.05, 3.63) is 35.9 Å². The summed E-state index contributed by atoms with van der Waals surface area (Å²) in [5, 5.41) is 10.8. The zero-order valence-corrected chi connectivity index (χ0v) is 30.7. The first kappa shape index (κ1) is 41.1. The van der Waals surface area contributed by atoms with Gasteiger partial charge < -0.3 is 24.9 Å². The molecule has 0 spiro atoms. The van der Waals surface area contributed by atoms with Crippen LogP contribution in [0.3, 0.4) is 0 Å². The molecule has 5 atom stereocenters. The van der Waals surface area contributed by atoms with Crippen LogP contribution in [-0.4, -0.2) is 120 Å². The largest absolute Gasteiger partial charge is 0.467 e. The summed E-state index contributed by atoms with van der Waals surface area (Å²) in [6, 6.07) is 5.22. The Bertz CT molecular complexity index is 1250. The minimum absolute atomic E-state index is 0.00792. The minimum atomic E-state index is -1.09. The van der Waals surface area contributed by atoms with Crippen molar-refractivity contribution in [3.63, 3.8) is 0 Å². The number of nitrogens with one attached hydrogen (secondary N) is 4. The summed E-state index contributed by atoms with van der Waals surface area (Å²) in [6.45, 7) is 0.271. The van der Waals surface area contributed by atoms with Crippen LogP contribution in [0.4, 0.5) is 0 Å². The number of thiol groups is 3. The van der Waals surface area contributed by atoms with Gasteiger partial charge in [0.1, 0.15) is 30.1 Å². The fourth-order valence-corrected chi connectivity index (χ4v) is 7.73. The lowest BCUT2D eigenvalue weighted by Gasteiger charge is -2.25. The van der Waals surface area contributed by atoms with Crippen LogP contribution in [0.25, 0.3) is 0 Å². The highest BCUT2D eigenvalue weighted by Crippen LogP contribution is 2.21. The zero-order valence-electron chi connectivity index (χ0n) is 25.5. The average molecular weight is 767 g/mol. The van der Waals surface area contributed by atoms with Crippen LogP contribution in [0.2, 0.25) is 0 Å². The van der Waals surface area contributed by atoms with E-state index in [4.69, 9.17) is 9.47 Å². The van der Waals surface area contributed by atoms with Crippen LogP contribution in [0.15, 0.2) is 35.4 Å². The molecule has 2 amide bonds. The van der Waals surface area contributed by atoms with Crippen molar-refractivity contribution in [3.8, 4) is 0 Å². The molecule has 14 nitrogen and oxygen atoms in total. The smallest absolute Gasteiger partial charge is 0.329 e. The monoisotopic (exact) mass is 766 g/mol. The van der Waals surface area contributed by atoms with E-state index in [1.165, 1.54) is 30.0 Å². The van der Waals surface area contributed by atoms with Gasteiger partial charge in [-0.05, 0) is 23.0 Å². The van der Waals surface area contributed by atoms with Crippen LogP contribution in [0.1, 0.15) is 12.0 Å². The molecule has 0 aromatic heterocycles. The summed E-state index contributed by atoms with van der Waals surface area (Å²) in [5.74, 6) is -2.07. The van der Waals surface area contributed by atoms with Gasteiger partial charge in [0.05, 0.1) is 26.3 Å². The van der Waals surface area contributed by atoms with Crippen LogP contribution >= 0.6 is 71.6 Å². The number of hydrogen-bond acceptors (Lipinski definition) is 17. The Hall–Kier alpha value is -2.07. The van der Waals surface area contributed by atoms with Crippen LogP contribution in [0.5, 0.6) is 0 Å². The van der Waals surface area contributed by atoms with E-state index in [-0.39, 0.29) is 41.7 Å². The molecule has 47 heavy (non-hydrogen) atoms. The predicted molar refractivity (Wildman–Crippen MR) is 195 cm³/mol. The second kappa shape index (κ2) is 22.5. The van der Waals surface area contributed by atoms with E-state index in [1.807, 2.05) is 30.3 Å². The number of aldehydes is 1. The third kappa shape index (κ3) is 14.1. The first-order valence-electron chi connectivity index (χ1n) is 14.0. The van der Waals surface area contributed by atoms with Crippen LogP contribution in [0, 0.1) is 0 Å². The van der Waals surface area contributed by atoms with Gasteiger partial charge in [0.25, 0.3) is 5.91 Å². The van der Waals surface area contributed by atoms with Gasteiger partial charge in [-0.3, -0.25) is 24.1 Å². The predicted octanol–water partition coefficient (Wildman–Crippen LogP) is 0.351. The lowest BCUT2D eigenvalue weighted by molar-refractivity contribution is -0.145. The average Bonchev–Trinajstić information content (AvgIpc) is 3.52. The maximum atomic E-state index is 13.6. The number of ether oxygens (including phenoxy) is 2. The Balaban J connectivity index is 2.17. The topological polar surface area (TPSA) is 185 Å². The first-order chi connectivity index (χ1) is 22.6. The molecule has 0 saturated carbocycles. The van der Waals surface area contributed by atoms with Crippen LogP contribution in [-0.2, 0) is 44.7 Å². The molecule has 4 N–H and O–H groups in total. The highest BCUT2D eigenvalue weighted by atomic mass is 33.1. The van der Waals surface area contributed by atoms with E-state index in [0.29, 0.717) is 12.7 Å². The second-order valence-electron chi connectivity index (χ2n) is 9.71. The molecule has 0 fully saturated rings. The Morgan fingerprint density at radius 1 is 0.979 bits per heavy atom. The van der Waals surface area contributed by atoms with Crippen molar-refractivity contribution in [2.24, 2.45) is 5.10 Å². The molecule has 20 heteroatoms. The lowest BCUT2D eigenvalue weighted by atomic mass is 10.1. The highest BCUT2D eigenvalue weighted by Gasteiger charge is 2.38. The number of methoxy groups -OCH3 is 2. The number of hydrazone groups is 1. The summed E-state index contributed by atoms with van der Waals surface area (Å²) >= 11 is 13.0. The number of carbonyl (C=O) groups is 6. The molecule has 1 aliphatic heterocycles. The zero-order chi connectivity index (χ0) is 34.8. The molecule has 1 aromatic carbocycles. The Morgan fingerprint density at radius 2 is 1.64 bits per heavy atom. The summed E-state index contributed by atoms with van der Waals surface area (Å²) < 4.78 is 15.5. The van der Waals surface area contributed by atoms with Gasteiger partial charge in [0, 0.05) is 36.0 Å². The fraction of sp³-hybridized carbons (Fsp3) is 0.519. The maximum Gasteiger partial charge on any atom is 0.329 e. The molecular weight excluding hydrogens is 729 g/mol. The van der Waals surface area contributed by atoms with Crippen molar-refractivity contribution in [2.45, 2.75) is 43.1 Å². The van der Waals surface area contributed by atoms with Crippen molar-refractivity contribution in [1.82, 2.24) is 25.1 Å². The number of amides is 2. The van der Waals surface area contributed by atoms with E-state index < -0.39 is 59.1 Å². The maximum absolute atomic E-state index is 13.6. The van der Waals surface area contributed by atoms with Gasteiger partial charge >= 0.3 is 11.9 Å². The molecule has 1 aromatic rings. The van der Waals surface area contributed by atoms with E-state index in [0.717, 1.165) is 28.5 Å². The van der Waals surface area contributed by atoms with Gasteiger partial charge in [0.2, 0.25) is 11.0 Å². The standard InChI is InChI=1S/C27H38N6O8S6/c1-40-25(37)20(14-45-32-19(13-43)27(39)44)29-24(36)22-10-18(30-33(22)9-8-16-6-4-3-5-7-16)23(35)28-21(26(38)41-2)15-46-47-31-17(11-34)12-42/h3-7,11,17,19-22,31-32,42-43H,8-10,12-15H2,1-2H3,(H,28,35)(H,29,36)(H,39,44)/t17-,19+,20?,21?,22?/m1/s1. The number of rotatable bonds is 22. The van der Waals surface area contributed by atoms with Gasteiger partial charge in [-0.25, -0.2) is 14.3 Å². The SMILES string of the molecule is COC(=O)C(CSSN[C@H](C=O)CS)NC(=O)C1=NN(CCc2ccccc2)C(C(=O)NC(CSN[C@@H](CS)C(=O)S)C(=O)OC)C1. The number of hydrogen-bond donors (Lipinski definition) is 7. The Labute approximate surface area is 302 Å². The third-order valence-electron chi connectivity index (χ3n) is 6.44. The molecule has 1 heterocycles. The molecular formula is C27H38N6O8S6. The van der Waals surface area contributed by atoms with E-state index in [2.05, 4.69) is 63.1 Å². The summed E-state index contributed by atoms with van der Waals surface area (Å²) in [5.41, 5.74) is 0.990. The van der Waals surface area contributed by atoms with Gasteiger partial charge in [-0.1, -0.05) is 53.1 Å². The number of benzene rings is 1. The summed E-state index contributed by atoms with van der Waals surface area (Å²) in [4.78, 5) is 74.5. The molecule has 0 aliphatic carbocycles. The summed E-state index contributed by atoms with van der Waals surface area (Å²) in [6.07, 6.45) is 1.11. The van der Waals surface area contributed by atoms with E-state index in [1.54, 1.807) is 0 Å². The van der Waals surface area contributed by atoms with Gasteiger partial charge in [-0.2, -0.15) is 30.4 Å². The number of nitrogens with zero attached hydrogens (tertiary/aromatic N) is 2. The minimum Gasteiger partial charge on any atom is -0.467 e. The molecule has 0 saturated heterocycles. The van der Waals surface area contributed by atoms with Gasteiger partial charge in [0.15, 0.2) is 0 Å². The molecule has 0 bridgehead atoms. The van der Waals surface area contributed by atoms with Crippen LogP contribution < -0.4 is 20.1 Å². The molecule has 2 rings (SSSR count). The number of esters is 2. The molecule has 3 unspecified atom stereocenters. The van der Waals surface area contributed by atoms with Crippen molar-refractivity contribution in [1.29, 1.82) is 0 Å². The van der Waals surface area contributed by atoms with Crippen molar-refractivity contribution < 1.29 is 38.2 Å². The lowest BCUT2D eigenvalue weighted by Crippen LogP contribution is -2.51. The fourth-order valence-electron chi connectivity index (χ4n) is 3.85. The quantitative estimate of drug-likeness (QED) is 0.0214. The molecule has 260 valence electrons. The van der Waals surface area contributed by atoms with Crippen molar-refractivity contribution in [2.75, 3.05) is 43.8 Å². The van der Waals surface area contributed by atoms with Crippen molar-refractivity contribution >= 4 is 112 Å². The highest BCUT2D eigenvalue weighted by molar-refractivity contribution is 8.76. The molecule has 0 radical (unpaired) electrons. The molecule has 1 aliphatic rings. The van der Waals surface area contributed by atoms with E-state index >= 15 is 0 Å². The second-order valence-corrected chi connectivity index (χ2v) is 13.9. The van der Waals surface area contributed by atoms with E-state index in [9.17, 15) is 28.8 Å². The first-order valence-corrected chi connectivity index (χ1v) is 19.1. The third-order valence-corrected chi connectivity index (χ3v) is 10.5. The number of carbonyl (C=O) groups excluding carboxylic acids is 6. The Kier molecular flexibility index (Phi) is 19.7. The Morgan fingerprint density at radius 3 is 2.21 bits per heavy atom. The normalized spacial score (nSPS) is 16.7.